The third-order valence-corrected chi connectivity index (χ3v) is 5.49. The van der Waals surface area contributed by atoms with Crippen molar-refractivity contribution < 1.29 is 14.6 Å². The number of hydrazone groups is 1. The number of anilines is 1. The molecule has 1 N–H and O–H groups in total. The second-order valence-corrected chi connectivity index (χ2v) is 7.34. The van der Waals surface area contributed by atoms with Crippen LogP contribution in [0.1, 0.15) is 29.0 Å². The summed E-state index contributed by atoms with van der Waals surface area (Å²) in [5.74, 6) is 0.658. The first kappa shape index (κ1) is 21.0. The molecule has 9 nitrogen and oxygen atoms in total. The zero-order valence-corrected chi connectivity index (χ0v) is 17.2. The molecule has 0 fully saturated rings. The second kappa shape index (κ2) is 8.84. The van der Waals surface area contributed by atoms with E-state index < -0.39 is 15.5 Å². The van der Waals surface area contributed by atoms with Crippen LogP contribution in [0.5, 0.6) is 5.75 Å². The molecule has 0 heterocycles. The summed E-state index contributed by atoms with van der Waals surface area (Å²) in [5.41, 5.74) is 6.27. The van der Waals surface area contributed by atoms with Gasteiger partial charge in [-0.05, 0) is 47.7 Å². The summed E-state index contributed by atoms with van der Waals surface area (Å²) in [7, 11) is 1.63. The number of nitro benzene ring substituents is 2. The highest BCUT2D eigenvalue weighted by atomic mass is 16.6. The summed E-state index contributed by atoms with van der Waals surface area (Å²) in [5, 5.41) is 27.0. The van der Waals surface area contributed by atoms with Gasteiger partial charge in [-0.15, -0.1) is 0 Å². The van der Waals surface area contributed by atoms with Crippen LogP contribution < -0.4 is 10.2 Å². The zero-order chi connectivity index (χ0) is 22.7. The van der Waals surface area contributed by atoms with E-state index in [-0.39, 0.29) is 17.3 Å². The Kier molecular flexibility index (Phi) is 5.80. The number of aryl methyl sites for hydroxylation is 1. The number of hydrogen-bond acceptors (Lipinski definition) is 7. The van der Waals surface area contributed by atoms with Gasteiger partial charge in [0, 0.05) is 12.0 Å². The fourth-order valence-electron chi connectivity index (χ4n) is 3.94. The van der Waals surface area contributed by atoms with Crippen LogP contribution in [0.25, 0.3) is 0 Å². The molecule has 1 unspecified atom stereocenters. The fourth-order valence-corrected chi connectivity index (χ4v) is 3.94. The number of nitrogens with one attached hydrogen (secondary N) is 1. The van der Waals surface area contributed by atoms with Crippen molar-refractivity contribution in [1.29, 1.82) is 0 Å². The lowest BCUT2D eigenvalue weighted by atomic mass is 9.77. The van der Waals surface area contributed by atoms with Crippen molar-refractivity contribution in [2.24, 2.45) is 5.10 Å². The van der Waals surface area contributed by atoms with Crippen molar-refractivity contribution in [1.82, 2.24) is 0 Å². The monoisotopic (exact) mass is 432 g/mol. The Hall–Kier alpha value is -4.27. The number of non-ortho nitro benzene ring substituents is 1. The minimum atomic E-state index is -0.666. The van der Waals surface area contributed by atoms with Gasteiger partial charge >= 0.3 is 5.69 Å². The van der Waals surface area contributed by atoms with Crippen LogP contribution >= 0.6 is 0 Å². The van der Waals surface area contributed by atoms with E-state index in [0.29, 0.717) is 6.42 Å². The van der Waals surface area contributed by atoms with Crippen molar-refractivity contribution in [3.63, 3.8) is 0 Å². The van der Waals surface area contributed by atoms with Gasteiger partial charge in [-0.1, -0.05) is 36.4 Å². The molecular weight excluding hydrogens is 412 g/mol. The molecule has 1 aliphatic rings. The molecule has 0 amide bonds. The van der Waals surface area contributed by atoms with E-state index in [9.17, 15) is 20.2 Å². The number of nitro groups is 2. The highest BCUT2D eigenvalue weighted by Crippen LogP contribution is 2.37. The summed E-state index contributed by atoms with van der Waals surface area (Å²) >= 11 is 0. The quantitative estimate of drug-likeness (QED) is 0.429. The summed E-state index contributed by atoms with van der Waals surface area (Å²) in [6, 6.07) is 19.3. The summed E-state index contributed by atoms with van der Waals surface area (Å²) < 4.78 is 5.36. The van der Waals surface area contributed by atoms with Gasteiger partial charge in [0.1, 0.15) is 11.4 Å². The van der Waals surface area contributed by atoms with Crippen LogP contribution in [0, 0.1) is 20.2 Å². The predicted octanol–water partition coefficient (Wildman–Crippen LogP) is 5.06. The summed E-state index contributed by atoms with van der Waals surface area (Å²) in [6.45, 7) is 0. The molecule has 1 atom stereocenters. The lowest BCUT2D eigenvalue weighted by Crippen LogP contribution is -2.23. The van der Waals surface area contributed by atoms with E-state index >= 15 is 0 Å². The van der Waals surface area contributed by atoms with E-state index in [1.165, 1.54) is 17.7 Å². The Balaban J connectivity index is 1.74. The van der Waals surface area contributed by atoms with Crippen LogP contribution in [0.2, 0.25) is 0 Å². The van der Waals surface area contributed by atoms with Crippen molar-refractivity contribution >= 4 is 22.8 Å². The maximum absolute atomic E-state index is 11.4. The van der Waals surface area contributed by atoms with Gasteiger partial charge in [-0.3, -0.25) is 25.7 Å². The van der Waals surface area contributed by atoms with Crippen LogP contribution in [0.3, 0.4) is 0 Å². The smallest absolute Gasteiger partial charge is 0.301 e. The molecule has 0 saturated heterocycles. The molecular formula is C23H20N4O5. The second-order valence-electron chi connectivity index (χ2n) is 7.34. The SMILES string of the molecule is COc1ccc2c(c1)CC/C(=N\Nc1ccc([N+](=O)[O-])cc1[N+](=O)[O-])C2c1ccccc1. The number of benzene rings is 3. The Morgan fingerprint density at radius 1 is 0.969 bits per heavy atom. The summed E-state index contributed by atoms with van der Waals surface area (Å²) in [6.07, 6.45) is 1.40. The van der Waals surface area contributed by atoms with E-state index in [1.54, 1.807) is 7.11 Å². The lowest BCUT2D eigenvalue weighted by molar-refractivity contribution is -0.393. The number of fused-ring (bicyclic) bond motifs is 1. The molecule has 9 heteroatoms. The number of methoxy groups -OCH3 is 1. The highest BCUT2D eigenvalue weighted by molar-refractivity contribution is 5.96. The van der Waals surface area contributed by atoms with E-state index in [2.05, 4.69) is 10.5 Å². The van der Waals surface area contributed by atoms with Gasteiger partial charge in [0.25, 0.3) is 5.69 Å². The minimum absolute atomic E-state index is 0.0976. The Morgan fingerprint density at radius 2 is 1.75 bits per heavy atom. The van der Waals surface area contributed by atoms with Crippen molar-refractivity contribution in [3.8, 4) is 5.75 Å². The average Bonchev–Trinajstić information content (AvgIpc) is 2.82. The van der Waals surface area contributed by atoms with Crippen molar-refractivity contribution in [2.75, 3.05) is 12.5 Å². The molecule has 0 aliphatic heterocycles. The molecule has 3 aromatic carbocycles. The van der Waals surface area contributed by atoms with Gasteiger partial charge in [-0.2, -0.15) is 5.10 Å². The molecule has 3 aromatic rings. The van der Waals surface area contributed by atoms with Gasteiger partial charge in [0.05, 0.1) is 28.7 Å². The van der Waals surface area contributed by atoms with Gasteiger partial charge in [0.15, 0.2) is 0 Å². The normalized spacial score (nSPS) is 16.3. The largest absolute Gasteiger partial charge is 0.497 e. The maximum atomic E-state index is 11.4. The lowest BCUT2D eigenvalue weighted by Gasteiger charge is -2.28. The van der Waals surface area contributed by atoms with Gasteiger partial charge in [-0.25, -0.2) is 0 Å². The average molecular weight is 432 g/mol. The minimum Gasteiger partial charge on any atom is -0.497 e. The fraction of sp³-hybridized carbons (Fsp3) is 0.174. The Labute approximate surface area is 183 Å². The Bertz CT molecular complexity index is 1210. The van der Waals surface area contributed by atoms with E-state index in [4.69, 9.17) is 4.74 Å². The number of hydrogen-bond donors (Lipinski definition) is 1. The first-order valence-electron chi connectivity index (χ1n) is 9.95. The Morgan fingerprint density at radius 3 is 2.44 bits per heavy atom. The number of rotatable bonds is 6. The first-order chi connectivity index (χ1) is 15.5. The maximum Gasteiger partial charge on any atom is 0.301 e. The van der Waals surface area contributed by atoms with E-state index in [1.807, 2.05) is 48.5 Å². The van der Waals surface area contributed by atoms with Crippen molar-refractivity contribution in [3.05, 3.63) is 104 Å². The van der Waals surface area contributed by atoms with Crippen LogP contribution in [0.4, 0.5) is 17.1 Å². The van der Waals surface area contributed by atoms with Crippen LogP contribution in [0.15, 0.2) is 71.8 Å². The first-order valence-corrected chi connectivity index (χ1v) is 9.95. The van der Waals surface area contributed by atoms with E-state index in [0.717, 1.165) is 35.1 Å². The molecule has 0 spiro atoms. The molecule has 0 bridgehead atoms. The number of nitrogens with zero attached hydrogens (tertiary/aromatic N) is 3. The number of ether oxygens (including phenoxy) is 1. The third kappa shape index (κ3) is 4.13. The van der Waals surface area contributed by atoms with Crippen molar-refractivity contribution in [2.45, 2.75) is 18.8 Å². The van der Waals surface area contributed by atoms with Gasteiger partial charge < -0.3 is 4.74 Å². The van der Waals surface area contributed by atoms with Crippen LogP contribution in [-0.4, -0.2) is 22.7 Å². The van der Waals surface area contributed by atoms with Gasteiger partial charge in [0.2, 0.25) is 0 Å². The summed E-state index contributed by atoms with van der Waals surface area (Å²) in [4.78, 5) is 21.1. The topological polar surface area (TPSA) is 120 Å². The molecule has 32 heavy (non-hydrogen) atoms. The van der Waals surface area contributed by atoms with Crippen LogP contribution in [-0.2, 0) is 6.42 Å². The highest BCUT2D eigenvalue weighted by Gasteiger charge is 2.28. The molecule has 0 saturated carbocycles. The zero-order valence-electron chi connectivity index (χ0n) is 17.2. The molecule has 162 valence electrons. The molecule has 4 rings (SSSR count). The third-order valence-electron chi connectivity index (χ3n) is 5.49. The molecule has 0 radical (unpaired) electrons. The standard InChI is InChI=1S/C23H20N4O5/c1-32-18-9-10-19-16(13-18)7-11-21(23(19)15-5-3-2-4-6-15)25-24-20-12-8-17(26(28)29)14-22(20)27(30)31/h2-6,8-10,12-14,23-24H,7,11H2,1H3/b25-21+. The molecule has 0 aromatic heterocycles. The molecule has 1 aliphatic carbocycles. The predicted molar refractivity (Wildman–Crippen MR) is 120 cm³/mol.